The SMILES string of the molecule is CN(C)C(=O)Oc1ccc(OCc2nc3ccccc3o2)cc1Cl. The molecule has 2 aromatic carbocycles. The summed E-state index contributed by atoms with van der Waals surface area (Å²) in [6.07, 6.45) is -0.503. The van der Waals surface area contributed by atoms with Crippen LogP contribution in [-0.2, 0) is 6.61 Å². The Hall–Kier alpha value is -2.73. The van der Waals surface area contributed by atoms with Crippen LogP contribution in [0.2, 0.25) is 5.02 Å². The number of carbonyl (C=O) groups excluding carboxylic acids is 1. The van der Waals surface area contributed by atoms with Crippen LogP contribution in [0, 0.1) is 0 Å². The van der Waals surface area contributed by atoms with Crippen LogP contribution in [0.3, 0.4) is 0 Å². The van der Waals surface area contributed by atoms with Gasteiger partial charge in [0.25, 0.3) is 0 Å². The summed E-state index contributed by atoms with van der Waals surface area (Å²) in [7, 11) is 3.18. The summed E-state index contributed by atoms with van der Waals surface area (Å²) in [4.78, 5) is 17.2. The van der Waals surface area contributed by atoms with E-state index in [2.05, 4.69) is 4.98 Å². The Morgan fingerprint density at radius 1 is 1.25 bits per heavy atom. The Labute approximate surface area is 143 Å². The lowest BCUT2D eigenvalue weighted by atomic mass is 10.3. The largest absolute Gasteiger partial charge is 0.484 e. The summed E-state index contributed by atoms with van der Waals surface area (Å²) in [6.45, 7) is 0.168. The number of rotatable bonds is 4. The van der Waals surface area contributed by atoms with E-state index in [9.17, 15) is 4.79 Å². The minimum Gasteiger partial charge on any atom is -0.484 e. The van der Waals surface area contributed by atoms with Gasteiger partial charge in [0.15, 0.2) is 17.9 Å². The first-order chi connectivity index (χ1) is 11.5. The standard InChI is InChI=1S/C17H15ClN2O4/c1-20(2)17(21)24-14-8-7-11(9-12(14)18)22-10-16-19-13-5-3-4-6-15(13)23-16/h3-9H,10H2,1-2H3. The molecule has 7 heteroatoms. The number of nitrogens with zero attached hydrogens (tertiary/aromatic N) is 2. The van der Waals surface area contributed by atoms with Gasteiger partial charge in [0.2, 0.25) is 5.89 Å². The summed E-state index contributed by atoms with van der Waals surface area (Å²) in [5.41, 5.74) is 1.49. The Kier molecular flexibility index (Phi) is 4.57. The molecular formula is C17H15ClN2O4. The van der Waals surface area contributed by atoms with E-state index in [-0.39, 0.29) is 17.4 Å². The van der Waals surface area contributed by atoms with E-state index in [1.54, 1.807) is 32.3 Å². The van der Waals surface area contributed by atoms with Crippen LogP contribution in [0.25, 0.3) is 11.1 Å². The summed E-state index contributed by atoms with van der Waals surface area (Å²) < 4.78 is 16.3. The maximum atomic E-state index is 11.5. The van der Waals surface area contributed by atoms with E-state index >= 15 is 0 Å². The summed E-state index contributed by atoms with van der Waals surface area (Å²) >= 11 is 6.11. The van der Waals surface area contributed by atoms with Crippen molar-refractivity contribution < 1.29 is 18.7 Å². The van der Waals surface area contributed by atoms with Crippen LogP contribution in [0.15, 0.2) is 46.9 Å². The molecule has 0 spiro atoms. The van der Waals surface area contributed by atoms with Crippen molar-refractivity contribution in [1.29, 1.82) is 0 Å². The van der Waals surface area contributed by atoms with Crippen LogP contribution < -0.4 is 9.47 Å². The van der Waals surface area contributed by atoms with Gasteiger partial charge in [-0.15, -0.1) is 0 Å². The zero-order chi connectivity index (χ0) is 17.1. The highest BCUT2D eigenvalue weighted by molar-refractivity contribution is 6.32. The third kappa shape index (κ3) is 3.60. The first kappa shape index (κ1) is 16.1. The fourth-order valence-electron chi connectivity index (χ4n) is 1.97. The lowest BCUT2D eigenvalue weighted by Gasteiger charge is -2.12. The molecule has 0 fully saturated rings. The Balaban J connectivity index is 1.67. The summed E-state index contributed by atoms with van der Waals surface area (Å²) in [5, 5.41) is 0.278. The minimum absolute atomic E-state index is 0.168. The van der Waals surface area contributed by atoms with E-state index in [0.717, 1.165) is 5.52 Å². The first-order valence-corrected chi connectivity index (χ1v) is 7.56. The molecule has 0 saturated carbocycles. The van der Waals surface area contributed by atoms with Crippen LogP contribution in [0.1, 0.15) is 5.89 Å². The Morgan fingerprint density at radius 2 is 2.04 bits per heavy atom. The van der Waals surface area contributed by atoms with Crippen molar-refractivity contribution in [3.05, 3.63) is 53.4 Å². The number of hydrogen-bond acceptors (Lipinski definition) is 5. The molecule has 3 aromatic rings. The van der Waals surface area contributed by atoms with Gasteiger partial charge < -0.3 is 18.8 Å². The maximum Gasteiger partial charge on any atom is 0.414 e. The van der Waals surface area contributed by atoms with E-state index in [4.69, 9.17) is 25.5 Å². The highest BCUT2D eigenvalue weighted by Crippen LogP contribution is 2.29. The fourth-order valence-corrected chi connectivity index (χ4v) is 2.18. The molecule has 0 atom stereocenters. The van der Waals surface area contributed by atoms with Gasteiger partial charge in [-0.05, 0) is 24.3 Å². The number of hydrogen-bond donors (Lipinski definition) is 0. The molecule has 24 heavy (non-hydrogen) atoms. The van der Waals surface area contributed by atoms with Gasteiger partial charge in [0.1, 0.15) is 11.3 Å². The molecule has 0 N–H and O–H groups in total. The van der Waals surface area contributed by atoms with Crippen molar-refractivity contribution >= 4 is 28.8 Å². The van der Waals surface area contributed by atoms with Crippen LogP contribution in [0.4, 0.5) is 4.79 Å². The number of ether oxygens (including phenoxy) is 2. The Morgan fingerprint density at radius 3 is 2.75 bits per heavy atom. The predicted molar refractivity (Wildman–Crippen MR) is 89.5 cm³/mol. The first-order valence-electron chi connectivity index (χ1n) is 7.19. The number of oxazole rings is 1. The molecule has 6 nitrogen and oxygen atoms in total. The lowest BCUT2D eigenvalue weighted by Crippen LogP contribution is -2.25. The number of carbonyl (C=O) groups is 1. The molecule has 1 amide bonds. The third-order valence-electron chi connectivity index (χ3n) is 3.17. The molecule has 0 unspecified atom stereocenters. The van der Waals surface area contributed by atoms with Gasteiger partial charge >= 0.3 is 6.09 Å². The van der Waals surface area contributed by atoms with Crippen molar-refractivity contribution in [3.8, 4) is 11.5 Å². The smallest absolute Gasteiger partial charge is 0.414 e. The number of amides is 1. The zero-order valence-corrected chi connectivity index (χ0v) is 13.9. The Bertz CT molecular complexity index is 843. The summed E-state index contributed by atoms with van der Waals surface area (Å²) in [5.74, 6) is 1.26. The number of halogens is 1. The molecule has 0 radical (unpaired) electrons. The normalized spacial score (nSPS) is 10.6. The second kappa shape index (κ2) is 6.80. The molecule has 1 aromatic heterocycles. The molecule has 124 valence electrons. The summed E-state index contributed by atoms with van der Waals surface area (Å²) in [6, 6.07) is 12.3. The molecule has 3 rings (SSSR count). The number of benzene rings is 2. The number of fused-ring (bicyclic) bond motifs is 1. The molecule has 0 aliphatic carbocycles. The average Bonchev–Trinajstić information content (AvgIpc) is 2.98. The molecule has 0 aliphatic heterocycles. The van der Waals surface area contributed by atoms with E-state index in [1.807, 2.05) is 24.3 Å². The van der Waals surface area contributed by atoms with Crippen LogP contribution in [0.5, 0.6) is 11.5 Å². The number of para-hydroxylation sites is 2. The van der Waals surface area contributed by atoms with Crippen molar-refractivity contribution in [2.75, 3.05) is 14.1 Å². The van der Waals surface area contributed by atoms with Gasteiger partial charge in [-0.2, -0.15) is 0 Å². The van der Waals surface area contributed by atoms with Gasteiger partial charge in [0.05, 0.1) is 5.02 Å². The zero-order valence-electron chi connectivity index (χ0n) is 13.2. The quantitative estimate of drug-likeness (QED) is 0.711. The minimum atomic E-state index is -0.503. The van der Waals surface area contributed by atoms with Crippen molar-refractivity contribution in [1.82, 2.24) is 9.88 Å². The van der Waals surface area contributed by atoms with Crippen LogP contribution in [-0.4, -0.2) is 30.1 Å². The second-order valence-electron chi connectivity index (χ2n) is 5.22. The molecule has 0 aliphatic rings. The predicted octanol–water partition coefficient (Wildman–Crippen LogP) is 4.12. The second-order valence-corrected chi connectivity index (χ2v) is 5.63. The maximum absolute atomic E-state index is 11.5. The fraction of sp³-hybridized carbons (Fsp3) is 0.176. The molecule has 0 bridgehead atoms. The molecule has 1 heterocycles. The van der Waals surface area contributed by atoms with Crippen molar-refractivity contribution in [2.24, 2.45) is 0 Å². The van der Waals surface area contributed by atoms with E-state index in [1.165, 1.54) is 4.90 Å². The average molecular weight is 347 g/mol. The van der Waals surface area contributed by atoms with Gasteiger partial charge in [-0.3, -0.25) is 0 Å². The highest BCUT2D eigenvalue weighted by Gasteiger charge is 2.12. The van der Waals surface area contributed by atoms with Gasteiger partial charge in [-0.25, -0.2) is 9.78 Å². The van der Waals surface area contributed by atoms with Crippen LogP contribution >= 0.6 is 11.6 Å². The number of aromatic nitrogens is 1. The topological polar surface area (TPSA) is 64.8 Å². The highest BCUT2D eigenvalue weighted by atomic mass is 35.5. The van der Waals surface area contributed by atoms with Crippen molar-refractivity contribution in [2.45, 2.75) is 6.61 Å². The lowest BCUT2D eigenvalue weighted by molar-refractivity contribution is 0.172. The van der Waals surface area contributed by atoms with Gasteiger partial charge in [-0.1, -0.05) is 23.7 Å². The molecular weight excluding hydrogens is 332 g/mol. The van der Waals surface area contributed by atoms with Crippen molar-refractivity contribution in [3.63, 3.8) is 0 Å². The van der Waals surface area contributed by atoms with E-state index < -0.39 is 6.09 Å². The third-order valence-corrected chi connectivity index (χ3v) is 3.46. The molecule has 0 saturated heterocycles. The van der Waals surface area contributed by atoms with E-state index in [0.29, 0.717) is 17.2 Å². The van der Waals surface area contributed by atoms with Gasteiger partial charge in [0, 0.05) is 20.2 Å². The monoisotopic (exact) mass is 346 g/mol.